The number of benzene rings is 1. The summed E-state index contributed by atoms with van der Waals surface area (Å²) in [5, 5.41) is 0. The zero-order valence-corrected chi connectivity index (χ0v) is 13.9. The predicted octanol–water partition coefficient (Wildman–Crippen LogP) is 4.61. The fraction of sp³-hybridized carbons (Fsp3) is 0.412. The molecule has 2 aromatic rings. The predicted molar refractivity (Wildman–Crippen MR) is 86.7 cm³/mol. The molecule has 4 nitrogen and oxygen atoms in total. The number of anilines is 2. The largest absolute Gasteiger partial charge is 0.477 e. The standard InChI is InChI=1S/C17H20F3N3O/c1-4-9-24-15-14(17(18,19)20)11-21-16(22-15)23(3)13-8-6-7-12(5-2)10-13/h6-8,10-11H,4-5,9H2,1-3H3. The zero-order valence-electron chi connectivity index (χ0n) is 13.9. The van der Waals surface area contributed by atoms with Crippen molar-refractivity contribution in [2.75, 3.05) is 18.6 Å². The first-order valence-electron chi connectivity index (χ1n) is 7.76. The molecule has 0 fully saturated rings. The van der Waals surface area contributed by atoms with E-state index in [1.54, 1.807) is 11.9 Å². The van der Waals surface area contributed by atoms with Crippen LogP contribution in [-0.4, -0.2) is 23.6 Å². The Kier molecular flexibility index (Phi) is 5.64. The summed E-state index contributed by atoms with van der Waals surface area (Å²) in [4.78, 5) is 9.48. The molecule has 0 spiro atoms. The molecule has 0 aliphatic heterocycles. The van der Waals surface area contributed by atoms with Gasteiger partial charge >= 0.3 is 6.18 Å². The molecule has 24 heavy (non-hydrogen) atoms. The lowest BCUT2D eigenvalue weighted by molar-refractivity contribution is -0.139. The van der Waals surface area contributed by atoms with Crippen LogP contribution in [0.15, 0.2) is 30.5 Å². The smallest absolute Gasteiger partial charge is 0.423 e. The molecule has 2 rings (SSSR count). The Labute approximate surface area is 139 Å². The van der Waals surface area contributed by atoms with Crippen LogP contribution in [0.3, 0.4) is 0 Å². The molecule has 0 aliphatic rings. The molecule has 1 aromatic carbocycles. The van der Waals surface area contributed by atoms with E-state index in [4.69, 9.17) is 4.74 Å². The number of rotatable bonds is 6. The van der Waals surface area contributed by atoms with Gasteiger partial charge in [-0.15, -0.1) is 0 Å². The topological polar surface area (TPSA) is 38.2 Å². The molecule has 130 valence electrons. The van der Waals surface area contributed by atoms with E-state index in [1.807, 2.05) is 38.1 Å². The fourth-order valence-corrected chi connectivity index (χ4v) is 2.12. The molecule has 0 saturated carbocycles. The van der Waals surface area contributed by atoms with E-state index in [2.05, 4.69) is 9.97 Å². The Bertz CT molecular complexity index is 689. The third-order valence-corrected chi connectivity index (χ3v) is 3.50. The molecular formula is C17H20F3N3O. The first-order chi connectivity index (χ1) is 11.4. The fourth-order valence-electron chi connectivity index (χ4n) is 2.12. The second kappa shape index (κ2) is 7.51. The molecule has 0 N–H and O–H groups in total. The number of ether oxygens (including phenoxy) is 1. The van der Waals surface area contributed by atoms with Crippen LogP contribution in [0.5, 0.6) is 5.88 Å². The molecule has 0 radical (unpaired) electrons. The van der Waals surface area contributed by atoms with Crippen LogP contribution in [0.1, 0.15) is 31.4 Å². The number of aryl methyl sites for hydroxylation is 1. The first kappa shape index (κ1) is 18.0. The SMILES string of the molecule is CCCOc1nc(N(C)c2cccc(CC)c2)ncc1C(F)(F)F. The Morgan fingerprint density at radius 1 is 1.21 bits per heavy atom. The van der Waals surface area contributed by atoms with E-state index in [0.717, 1.165) is 23.9 Å². The van der Waals surface area contributed by atoms with Crippen LogP contribution in [0.2, 0.25) is 0 Å². The minimum atomic E-state index is -4.55. The van der Waals surface area contributed by atoms with Crippen LogP contribution in [0.25, 0.3) is 0 Å². The monoisotopic (exact) mass is 339 g/mol. The van der Waals surface area contributed by atoms with Gasteiger partial charge in [0.2, 0.25) is 11.8 Å². The highest BCUT2D eigenvalue weighted by Gasteiger charge is 2.36. The van der Waals surface area contributed by atoms with Gasteiger partial charge in [0.15, 0.2) is 0 Å². The Hall–Kier alpha value is -2.31. The maximum atomic E-state index is 13.1. The zero-order chi connectivity index (χ0) is 17.7. The average Bonchev–Trinajstić information content (AvgIpc) is 2.58. The van der Waals surface area contributed by atoms with Crippen molar-refractivity contribution < 1.29 is 17.9 Å². The van der Waals surface area contributed by atoms with Gasteiger partial charge in [-0.1, -0.05) is 26.0 Å². The lowest BCUT2D eigenvalue weighted by atomic mass is 10.1. The quantitative estimate of drug-likeness (QED) is 0.770. The van der Waals surface area contributed by atoms with Gasteiger partial charge in [-0.05, 0) is 30.5 Å². The number of nitrogens with zero attached hydrogens (tertiary/aromatic N) is 3. The van der Waals surface area contributed by atoms with Crippen LogP contribution < -0.4 is 9.64 Å². The van der Waals surface area contributed by atoms with Crippen LogP contribution >= 0.6 is 0 Å². The van der Waals surface area contributed by atoms with Crippen molar-refractivity contribution in [1.82, 2.24) is 9.97 Å². The second-order valence-corrected chi connectivity index (χ2v) is 5.32. The number of hydrogen-bond donors (Lipinski definition) is 0. The highest BCUT2D eigenvalue weighted by Crippen LogP contribution is 2.36. The maximum absolute atomic E-state index is 13.1. The Balaban J connectivity index is 2.39. The molecule has 1 aromatic heterocycles. The van der Waals surface area contributed by atoms with Gasteiger partial charge in [-0.3, -0.25) is 0 Å². The maximum Gasteiger partial charge on any atom is 0.423 e. The van der Waals surface area contributed by atoms with Gasteiger partial charge in [0.25, 0.3) is 0 Å². The van der Waals surface area contributed by atoms with E-state index in [0.29, 0.717) is 6.42 Å². The summed E-state index contributed by atoms with van der Waals surface area (Å²) in [6.07, 6.45) is -2.33. The van der Waals surface area contributed by atoms with Gasteiger partial charge in [0.1, 0.15) is 5.56 Å². The summed E-state index contributed by atoms with van der Waals surface area (Å²) in [5.41, 5.74) is 0.958. The average molecular weight is 339 g/mol. The molecule has 0 unspecified atom stereocenters. The van der Waals surface area contributed by atoms with E-state index in [-0.39, 0.29) is 12.6 Å². The van der Waals surface area contributed by atoms with Crippen molar-refractivity contribution in [2.24, 2.45) is 0 Å². The van der Waals surface area contributed by atoms with Crippen molar-refractivity contribution in [3.63, 3.8) is 0 Å². The van der Waals surface area contributed by atoms with Crippen molar-refractivity contribution in [2.45, 2.75) is 32.9 Å². The Morgan fingerprint density at radius 2 is 1.96 bits per heavy atom. The normalized spacial score (nSPS) is 11.4. The van der Waals surface area contributed by atoms with Gasteiger partial charge in [-0.25, -0.2) is 4.98 Å². The highest BCUT2D eigenvalue weighted by atomic mass is 19.4. The first-order valence-corrected chi connectivity index (χ1v) is 7.76. The lowest BCUT2D eigenvalue weighted by Gasteiger charge is -2.20. The minimum Gasteiger partial charge on any atom is -0.477 e. The molecule has 1 heterocycles. The van der Waals surface area contributed by atoms with E-state index in [1.165, 1.54) is 0 Å². The third-order valence-electron chi connectivity index (χ3n) is 3.50. The molecule has 0 atom stereocenters. The highest BCUT2D eigenvalue weighted by molar-refractivity contribution is 5.58. The summed E-state index contributed by atoms with van der Waals surface area (Å²) in [6, 6.07) is 7.68. The summed E-state index contributed by atoms with van der Waals surface area (Å²) in [6.45, 7) is 4.01. The van der Waals surface area contributed by atoms with Gasteiger partial charge in [0, 0.05) is 18.9 Å². The minimum absolute atomic E-state index is 0.155. The summed E-state index contributed by atoms with van der Waals surface area (Å²) in [7, 11) is 1.71. The summed E-state index contributed by atoms with van der Waals surface area (Å²) < 4.78 is 44.4. The van der Waals surface area contributed by atoms with Crippen molar-refractivity contribution >= 4 is 11.6 Å². The summed E-state index contributed by atoms with van der Waals surface area (Å²) >= 11 is 0. The van der Waals surface area contributed by atoms with Gasteiger partial charge in [0.05, 0.1) is 6.61 Å². The van der Waals surface area contributed by atoms with Crippen LogP contribution in [0, 0.1) is 0 Å². The molecule has 0 amide bonds. The second-order valence-electron chi connectivity index (χ2n) is 5.32. The van der Waals surface area contributed by atoms with Gasteiger partial charge in [-0.2, -0.15) is 18.2 Å². The van der Waals surface area contributed by atoms with Crippen molar-refractivity contribution in [3.8, 4) is 5.88 Å². The molecule has 7 heteroatoms. The van der Waals surface area contributed by atoms with Crippen molar-refractivity contribution in [1.29, 1.82) is 0 Å². The molecule has 0 bridgehead atoms. The number of halogens is 3. The van der Waals surface area contributed by atoms with Gasteiger partial charge < -0.3 is 9.64 Å². The van der Waals surface area contributed by atoms with Crippen LogP contribution in [0.4, 0.5) is 24.8 Å². The van der Waals surface area contributed by atoms with E-state index < -0.39 is 17.6 Å². The lowest BCUT2D eigenvalue weighted by Crippen LogP contribution is -2.17. The number of aromatic nitrogens is 2. The third kappa shape index (κ3) is 4.15. The Morgan fingerprint density at radius 3 is 2.58 bits per heavy atom. The molecule has 0 saturated heterocycles. The van der Waals surface area contributed by atoms with E-state index >= 15 is 0 Å². The molecular weight excluding hydrogens is 319 g/mol. The number of alkyl halides is 3. The molecule has 0 aliphatic carbocycles. The van der Waals surface area contributed by atoms with Crippen molar-refractivity contribution in [3.05, 3.63) is 41.6 Å². The van der Waals surface area contributed by atoms with E-state index in [9.17, 15) is 13.2 Å². The number of hydrogen-bond acceptors (Lipinski definition) is 4. The summed E-state index contributed by atoms with van der Waals surface area (Å²) in [5.74, 6) is -0.282. The van der Waals surface area contributed by atoms with Crippen LogP contribution in [-0.2, 0) is 12.6 Å².